The van der Waals surface area contributed by atoms with Gasteiger partial charge in [0.05, 0.1) is 12.8 Å². The molecule has 1 aromatic carbocycles. The number of aldehydes is 1. The average Bonchev–Trinajstić information content (AvgIpc) is 2.70. The number of hydrogen-bond acceptors (Lipinski definition) is 3. The molecule has 2 aromatic rings. The predicted octanol–water partition coefficient (Wildman–Crippen LogP) is 2.00. The smallest absolute Gasteiger partial charge is 0.185 e. The van der Waals surface area contributed by atoms with Crippen LogP contribution < -0.4 is 4.74 Å². The molecule has 4 nitrogen and oxygen atoms in total. The zero-order valence-electron chi connectivity index (χ0n) is 9.18. The topological polar surface area (TPSA) is 44.1 Å². The highest BCUT2D eigenvalue weighted by Gasteiger charge is 2.11. The summed E-state index contributed by atoms with van der Waals surface area (Å²) in [5.41, 5.74) is 1.72. The number of nitrogens with zero attached hydrogens (tertiary/aromatic N) is 2. The molecule has 0 atom stereocenters. The van der Waals surface area contributed by atoms with Crippen molar-refractivity contribution in [1.82, 2.24) is 9.55 Å². The summed E-state index contributed by atoms with van der Waals surface area (Å²) in [7, 11) is 1.60. The van der Waals surface area contributed by atoms with Gasteiger partial charge < -0.3 is 4.74 Å². The lowest BCUT2D eigenvalue weighted by molar-refractivity contribution is 0.111. The Balaban J connectivity index is 2.66. The Labute approximate surface area is 93.5 Å². The van der Waals surface area contributed by atoms with Crippen LogP contribution in [0.4, 0.5) is 0 Å². The summed E-state index contributed by atoms with van der Waals surface area (Å²) in [5.74, 6) is 1.09. The summed E-state index contributed by atoms with van der Waals surface area (Å²) in [5, 5.41) is 0. The number of para-hydroxylation sites is 2. The van der Waals surface area contributed by atoms with Crippen LogP contribution in [0.2, 0.25) is 0 Å². The summed E-state index contributed by atoms with van der Waals surface area (Å²) >= 11 is 0. The SMILES string of the molecule is COc1ccccc1-n1c(C)cnc1C=O. The standard InChI is InChI=1S/C12H12N2O2/c1-9-7-13-12(8-15)14(9)10-5-3-4-6-11(10)16-2/h3-8H,1-2H3. The Bertz CT molecular complexity index is 517. The summed E-state index contributed by atoms with van der Waals surface area (Å²) in [6.45, 7) is 1.90. The Hall–Kier alpha value is -2.10. The van der Waals surface area contributed by atoms with Gasteiger partial charge in [0.25, 0.3) is 0 Å². The zero-order chi connectivity index (χ0) is 11.5. The molecule has 4 heteroatoms. The van der Waals surface area contributed by atoms with E-state index in [-0.39, 0.29) is 0 Å². The number of carbonyl (C=O) groups excluding carboxylic acids is 1. The molecule has 0 radical (unpaired) electrons. The lowest BCUT2D eigenvalue weighted by atomic mass is 10.2. The summed E-state index contributed by atoms with van der Waals surface area (Å²) in [6, 6.07) is 7.52. The van der Waals surface area contributed by atoms with Gasteiger partial charge in [0, 0.05) is 11.9 Å². The third-order valence-corrected chi connectivity index (χ3v) is 2.40. The zero-order valence-corrected chi connectivity index (χ0v) is 9.18. The van der Waals surface area contributed by atoms with E-state index in [4.69, 9.17) is 4.74 Å². The highest BCUT2D eigenvalue weighted by Crippen LogP contribution is 2.24. The van der Waals surface area contributed by atoms with Crippen molar-refractivity contribution in [3.8, 4) is 11.4 Å². The van der Waals surface area contributed by atoms with E-state index in [1.54, 1.807) is 17.9 Å². The minimum Gasteiger partial charge on any atom is -0.495 e. The normalized spacial score (nSPS) is 10.1. The van der Waals surface area contributed by atoms with Gasteiger partial charge in [0.15, 0.2) is 12.1 Å². The predicted molar refractivity (Wildman–Crippen MR) is 60.2 cm³/mol. The Morgan fingerprint density at radius 3 is 2.81 bits per heavy atom. The molecular weight excluding hydrogens is 204 g/mol. The number of aryl methyl sites for hydroxylation is 1. The van der Waals surface area contributed by atoms with Gasteiger partial charge in [-0.15, -0.1) is 0 Å². The van der Waals surface area contributed by atoms with Crippen LogP contribution in [-0.2, 0) is 0 Å². The molecule has 2 rings (SSSR count). The first kappa shape index (κ1) is 10.4. The minimum atomic E-state index is 0.377. The molecule has 0 spiro atoms. The van der Waals surface area contributed by atoms with E-state index < -0.39 is 0 Å². The van der Waals surface area contributed by atoms with Crippen molar-refractivity contribution < 1.29 is 9.53 Å². The molecule has 0 aliphatic heterocycles. The third-order valence-electron chi connectivity index (χ3n) is 2.40. The van der Waals surface area contributed by atoms with Crippen LogP contribution in [0.1, 0.15) is 16.3 Å². The van der Waals surface area contributed by atoms with Crippen LogP contribution in [0.5, 0.6) is 5.75 Å². The summed E-state index contributed by atoms with van der Waals surface area (Å²) < 4.78 is 7.03. The number of imidazole rings is 1. The molecule has 0 saturated carbocycles. The van der Waals surface area contributed by atoms with Crippen LogP contribution >= 0.6 is 0 Å². The molecule has 0 unspecified atom stereocenters. The van der Waals surface area contributed by atoms with E-state index in [9.17, 15) is 4.79 Å². The van der Waals surface area contributed by atoms with Gasteiger partial charge in [0.1, 0.15) is 5.75 Å². The number of benzene rings is 1. The van der Waals surface area contributed by atoms with Gasteiger partial charge >= 0.3 is 0 Å². The van der Waals surface area contributed by atoms with Crippen molar-refractivity contribution in [3.63, 3.8) is 0 Å². The van der Waals surface area contributed by atoms with Gasteiger partial charge in [0.2, 0.25) is 0 Å². The quantitative estimate of drug-likeness (QED) is 0.737. The van der Waals surface area contributed by atoms with E-state index in [1.807, 2.05) is 31.2 Å². The van der Waals surface area contributed by atoms with Crippen molar-refractivity contribution in [2.24, 2.45) is 0 Å². The molecule has 0 amide bonds. The molecule has 0 aliphatic carbocycles. The largest absolute Gasteiger partial charge is 0.495 e. The third kappa shape index (κ3) is 1.58. The molecule has 0 saturated heterocycles. The monoisotopic (exact) mass is 216 g/mol. The highest BCUT2D eigenvalue weighted by atomic mass is 16.5. The van der Waals surface area contributed by atoms with E-state index in [2.05, 4.69) is 4.98 Å². The van der Waals surface area contributed by atoms with Crippen LogP contribution in [0.25, 0.3) is 5.69 Å². The Morgan fingerprint density at radius 2 is 2.12 bits per heavy atom. The average molecular weight is 216 g/mol. The lowest BCUT2D eigenvalue weighted by Gasteiger charge is -2.11. The number of aromatic nitrogens is 2. The van der Waals surface area contributed by atoms with Gasteiger partial charge in [-0.3, -0.25) is 9.36 Å². The van der Waals surface area contributed by atoms with Gasteiger partial charge in [-0.05, 0) is 19.1 Å². The fourth-order valence-electron chi connectivity index (χ4n) is 1.67. The fourth-order valence-corrected chi connectivity index (χ4v) is 1.67. The fraction of sp³-hybridized carbons (Fsp3) is 0.167. The maximum atomic E-state index is 10.9. The van der Waals surface area contributed by atoms with E-state index in [0.717, 1.165) is 17.7 Å². The molecule has 0 fully saturated rings. The maximum Gasteiger partial charge on any atom is 0.185 e. The minimum absolute atomic E-state index is 0.377. The molecule has 1 heterocycles. The molecule has 0 bridgehead atoms. The molecule has 0 N–H and O–H groups in total. The Kier molecular flexibility index (Phi) is 2.72. The van der Waals surface area contributed by atoms with Gasteiger partial charge in [-0.2, -0.15) is 0 Å². The van der Waals surface area contributed by atoms with E-state index in [0.29, 0.717) is 11.6 Å². The van der Waals surface area contributed by atoms with Crippen molar-refractivity contribution in [1.29, 1.82) is 0 Å². The summed E-state index contributed by atoms with van der Waals surface area (Å²) in [6.07, 6.45) is 2.40. The lowest BCUT2D eigenvalue weighted by Crippen LogP contribution is -2.03. The number of rotatable bonds is 3. The highest BCUT2D eigenvalue weighted by molar-refractivity contribution is 5.71. The van der Waals surface area contributed by atoms with Crippen LogP contribution in [0.3, 0.4) is 0 Å². The molecular formula is C12H12N2O2. The molecule has 82 valence electrons. The van der Waals surface area contributed by atoms with Crippen molar-refractivity contribution in [2.45, 2.75) is 6.92 Å². The van der Waals surface area contributed by atoms with E-state index in [1.165, 1.54) is 0 Å². The number of carbonyl (C=O) groups is 1. The molecule has 1 aromatic heterocycles. The van der Waals surface area contributed by atoms with Crippen molar-refractivity contribution >= 4 is 6.29 Å². The van der Waals surface area contributed by atoms with Crippen LogP contribution in [-0.4, -0.2) is 22.9 Å². The van der Waals surface area contributed by atoms with Crippen molar-refractivity contribution in [3.05, 3.63) is 42.0 Å². The Morgan fingerprint density at radius 1 is 1.38 bits per heavy atom. The maximum absolute atomic E-state index is 10.9. The van der Waals surface area contributed by atoms with Crippen LogP contribution in [0.15, 0.2) is 30.5 Å². The first-order valence-electron chi connectivity index (χ1n) is 4.91. The van der Waals surface area contributed by atoms with Crippen molar-refractivity contribution in [2.75, 3.05) is 7.11 Å². The second kappa shape index (κ2) is 4.18. The second-order valence-electron chi connectivity index (χ2n) is 3.38. The second-order valence-corrected chi connectivity index (χ2v) is 3.38. The first-order valence-corrected chi connectivity index (χ1v) is 4.91. The number of hydrogen-bond donors (Lipinski definition) is 0. The van der Waals surface area contributed by atoms with Gasteiger partial charge in [-0.25, -0.2) is 4.98 Å². The van der Waals surface area contributed by atoms with E-state index >= 15 is 0 Å². The van der Waals surface area contributed by atoms with Crippen LogP contribution in [0, 0.1) is 6.92 Å². The number of methoxy groups -OCH3 is 1. The summed E-state index contributed by atoms with van der Waals surface area (Å²) in [4.78, 5) is 14.9. The number of ether oxygens (including phenoxy) is 1. The first-order chi connectivity index (χ1) is 7.77. The van der Waals surface area contributed by atoms with Gasteiger partial charge in [-0.1, -0.05) is 12.1 Å². The molecule has 0 aliphatic rings. The molecule has 16 heavy (non-hydrogen) atoms.